The lowest BCUT2D eigenvalue weighted by atomic mass is 10.1. The maximum absolute atomic E-state index is 11.2. The van der Waals surface area contributed by atoms with Crippen molar-refractivity contribution in [1.82, 2.24) is 0 Å². The zero-order chi connectivity index (χ0) is 14.7. The van der Waals surface area contributed by atoms with Gasteiger partial charge in [0.05, 0.1) is 17.4 Å². The van der Waals surface area contributed by atoms with Gasteiger partial charge in [0.2, 0.25) is 0 Å². The van der Waals surface area contributed by atoms with Crippen LogP contribution in [0.25, 0.3) is 17.0 Å². The number of nitrogens with zero attached hydrogens (tertiary/aromatic N) is 1. The maximum atomic E-state index is 11.2. The average Bonchev–Trinajstić information content (AvgIpc) is 2.90. The van der Waals surface area contributed by atoms with Gasteiger partial charge >= 0.3 is 0 Å². The van der Waals surface area contributed by atoms with E-state index in [-0.39, 0.29) is 17.0 Å². The fraction of sp³-hybridized carbons (Fsp3) is 0.0588. The lowest BCUT2D eigenvalue weighted by Crippen LogP contribution is -2.02. The van der Waals surface area contributed by atoms with Crippen molar-refractivity contribution in [2.24, 2.45) is 0 Å². The molecule has 1 heterocycles. The molecule has 21 heavy (non-hydrogen) atoms. The predicted octanol–water partition coefficient (Wildman–Crippen LogP) is 4.29. The van der Waals surface area contributed by atoms with Gasteiger partial charge in [-0.25, -0.2) is 0 Å². The number of nitro groups is 1. The van der Waals surface area contributed by atoms with Crippen molar-refractivity contribution in [3.05, 3.63) is 87.8 Å². The molecule has 104 valence electrons. The van der Waals surface area contributed by atoms with Crippen molar-refractivity contribution in [2.75, 3.05) is 0 Å². The zero-order valence-electron chi connectivity index (χ0n) is 11.2. The molecule has 0 aliphatic rings. The summed E-state index contributed by atoms with van der Waals surface area (Å²) in [5, 5.41) is 12.2. The second kappa shape index (κ2) is 5.63. The van der Waals surface area contributed by atoms with Crippen LogP contribution in [-0.4, -0.2) is 4.92 Å². The largest absolute Gasteiger partial charge is 0.456 e. The Morgan fingerprint density at radius 2 is 1.81 bits per heavy atom. The number of benzene rings is 2. The van der Waals surface area contributed by atoms with E-state index in [4.69, 9.17) is 4.42 Å². The highest BCUT2D eigenvalue weighted by Gasteiger charge is 2.13. The smallest absolute Gasteiger partial charge is 0.254 e. The maximum Gasteiger partial charge on any atom is 0.254 e. The molecule has 4 heteroatoms. The van der Waals surface area contributed by atoms with E-state index in [0.29, 0.717) is 5.76 Å². The highest BCUT2D eigenvalue weighted by atomic mass is 16.6. The van der Waals surface area contributed by atoms with E-state index in [0.717, 1.165) is 16.5 Å². The second-order valence-electron chi connectivity index (χ2n) is 4.74. The summed E-state index contributed by atoms with van der Waals surface area (Å²) in [4.78, 5) is 10.9. The van der Waals surface area contributed by atoms with Gasteiger partial charge < -0.3 is 4.42 Å². The lowest BCUT2D eigenvalue weighted by Gasteiger charge is -1.98. The second-order valence-corrected chi connectivity index (χ2v) is 4.74. The van der Waals surface area contributed by atoms with E-state index in [1.54, 1.807) is 0 Å². The normalized spacial score (nSPS) is 11.7. The average molecular weight is 279 g/mol. The summed E-state index contributed by atoms with van der Waals surface area (Å²) in [6, 6.07) is 18.7. The van der Waals surface area contributed by atoms with Gasteiger partial charge in [0, 0.05) is 5.39 Å². The van der Waals surface area contributed by atoms with Gasteiger partial charge in [-0.1, -0.05) is 48.5 Å². The third-order valence-electron chi connectivity index (χ3n) is 3.22. The topological polar surface area (TPSA) is 56.3 Å². The zero-order valence-corrected chi connectivity index (χ0v) is 11.2. The first kappa shape index (κ1) is 13.1. The van der Waals surface area contributed by atoms with Gasteiger partial charge in [0.1, 0.15) is 11.3 Å². The molecule has 0 atom stereocenters. The molecule has 0 fully saturated rings. The molecule has 0 aliphatic carbocycles. The van der Waals surface area contributed by atoms with Crippen LogP contribution in [0.4, 0.5) is 0 Å². The molecule has 0 saturated carbocycles. The summed E-state index contributed by atoms with van der Waals surface area (Å²) in [6.45, 7) is 0. The van der Waals surface area contributed by atoms with Gasteiger partial charge in [0.15, 0.2) is 0 Å². The summed E-state index contributed by atoms with van der Waals surface area (Å²) in [5.41, 5.74) is 1.74. The number of allylic oxidation sites excluding steroid dienone is 1. The quantitative estimate of drug-likeness (QED) is 0.528. The molecule has 4 nitrogen and oxygen atoms in total. The van der Waals surface area contributed by atoms with Gasteiger partial charge in [-0.05, 0) is 17.7 Å². The monoisotopic (exact) mass is 279 g/mol. The van der Waals surface area contributed by atoms with Gasteiger partial charge in [-0.3, -0.25) is 10.1 Å². The van der Waals surface area contributed by atoms with Gasteiger partial charge in [-0.2, -0.15) is 0 Å². The van der Waals surface area contributed by atoms with Crippen LogP contribution in [0.3, 0.4) is 0 Å². The molecule has 0 spiro atoms. The molecule has 3 aromatic rings. The summed E-state index contributed by atoms with van der Waals surface area (Å²) >= 11 is 0. The number of rotatable bonds is 4. The third-order valence-corrected chi connectivity index (χ3v) is 3.22. The van der Waals surface area contributed by atoms with Crippen LogP contribution < -0.4 is 0 Å². The molecule has 0 aliphatic heterocycles. The van der Waals surface area contributed by atoms with Crippen LogP contribution in [0.2, 0.25) is 0 Å². The third kappa shape index (κ3) is 3.00. The van der Waals surface area contributed by atoms with E-state index in [1.807, 2.05) is 60.7 Å². The molecular weight excluding hydrogens is 266 g/mol. The first-order chi connectivity index (χ1) is 10.2. The fourth-order valence-corrected chi connectivity index (χ4v) is 2.21. The van der Waals surface area contributed by atoms with E-state index in [2.05, 4.69) is 0 Å². The number of furan rings is 1. The predicted molar refractivity (Wildman–Crippen MR) is 81.3 cm³/mol. The first-order valence-electron chi connectivity index (χ1n) is 6.60. The number of fused-ring (bicyclic) bond motifs is 1. The van der Waals surface area contributed by atoms with Crippen molar-refractivity contribution in [3.63, 3.8) is 0 Å². The van der Waals surface area contributed by atoms with Crippen LogP contribution in [0.15, 0.2) is 70.8 Å². The Hall–Kier alpha value is -2.88. The Labute approximate surface area is 121 Å². The molecule has 3 rings (SSSR count). The number of para-hydroxylation sites is 1. The SMILES string of the molecule is O=[N+]([O-])C(=Cc1cc2ccccc2o1)Cc1ccccc1. The molecule has 0 bridgehead atoms. The Kier molecular flexibility index (Phi) is 3.51. The Morgan fingerprint density at radius 1 is 1.10 bits per heavy atom. The van der Waals surface area contributed by atoms with Crippen LogP contribution >= 0.6 is 0 Å². The van der Waals surface area contributed by atoms with Crippen molar-refractivity contribution >= 4 is 17.0 Å². The standard InChI is InChI=1S/C17H13NO3/c19-18(20)15(10-13-6-2-1-3-7-13)12-16-11-14-8-4-5-9-17(14)21-16/h1-9,11-12H,10H2. The molecule has 0 unspecified atom stereocenters. The highest BCUT2D eigenvalue weighted by molar-refractivity contribution is 5.79. The van der Waals surface area contributed by atoms with Crippen LogP contribution in [0.5, 0.6) is 0 Å². The Morgan fingerprint density at radius 3 is 2.52 bits per heavy atom. The first-order valence-corrected chi connectivity index (χ1v) is 6.60. The summed E-state index contributed by atoms with van der Waals surface area (Å²) in [7, 11) is 0. The van der Waals surface area contributed by atoms with Crippen molar-refractivity contribution in [3.8, 4) is 0 Å². The van der Waals surface area contributed by atoms with Gasteiger partial charge in [-0.15, -0.1) is 0 Å². The van der Waals surface area contributed by atoms with Gasteiger partial charge in [0.25, 0.3) is 5.70 Å². The van der Waals surface area contributed by atoms with E-state index in [9.17, 15) is 10.1 Å². The summed E-state index contributed by atoms with van der Waals surface area (Å²) in [5.74, 6) is 0.499. The molecule has 0 radical (unpaired) electrons. The summed E-state index contributed by atoms with van der Waals surface area (Å²) in [6.07, 6.45) is 1.76. The highest BCUT2D eigenvalue weighted by Crippen LogP contribution is 2.21. The molecule has 2 aromatic carbocycles. The minimum Gasteiger partial charge on any atom is -0.456 e. The number of hydrogen-bond acceptors (Lipinski definition) is 3. The summed E-state index contributed by atoms with van der Waals surface area (Å²) < 4.78 is 5.61. The van der Waals surface area contributed by atoms with E-state index >= 15 is 0 Å². The minimum atomic E-state index is -0.361. The fourth-order valence-electron chi connectivity index (χ4n) is 2.21. The van der Waals surface area contributed by atoms with Crippen LogP contribution in [0, 0.1) is 10.1 Å². The van der Waals surface area contributed by atoms with Crippen molar-refractivity contribution < 1.29 is 9.34 Å². The molecule has 1 aromatic heterocycles. The number of hydrogen-bond donors (Lipinski definition) is 0. The Bertz CT molecular complexity index is 770. The van der Waals surface area contributed by atoms with Crippen LogP contribution in [-0.2, 0) is 6.42 Å². The molecule has 0 N–H and O–H groups in total. The Balaban J connectivity index is 1.94. The van der Waals surface area contributed by atoms with Crippen molar-refractivity contribution in [1.29, 1.82) is 0 Å². The lowest BCUT2D eigenvalue weighted by molar-refractivity contribution is -0.425. The van der Waals surface area contributed by atoms with E-state index in [1.165, 1.54) is 6.08 Å². The van der Waals surface area contributed by atoms with Crippen LogP contribution in [0.1, 0.15) is 11.3 Å². The molecular formula is C17H13NO3. The molecule has 0 amide bonds. The minimum absolute atomic E-state index is 0.111. The van der Waals surface area contributed by atoms with Crippen molar-refractivity contribution in [2.45, 2.75) is 6.42 Å². The van der Waals surface area contributed by atoms with E-state index < -0.39 is 0 Å². The molecule has 0 saturated heterocycles.